The minimum Gasteiger partial charge on any atom is -0.479 e. The molecule has 3 aromatic carbocycles. The molecule has 3 heterocycles. The molecule has 1 saturated heterocycles. The monoisotopic (exact) mass is 801 g/mol. The van der Waals surface area contributed by atoms with Gasteiger partial charge < -0.3 is 33.9 Å². The topological polar surface area (TPSA) is 217 Å². The molecule has 1 fully saturated rings. The second-order valence-electron chi connectivity index (χ2n) is 13.2. The fraction of sp³-hybridized carbons (Fsp3) is 0.333. The summed E-state index contributed by atoms with van der Waals surface area (Å²) in [4.78, 5) is 52.4. The smallest absolute Gasteiger partial charge is 0.342 e. The molecule has 5 unspecified atom stereocenters. The number of rotatable bonds is 19. The van der Waals surface area contributed by atoms with Crippen LogP contribution in [-0.2, 0) is 62.2 Å². The first-order valence-electron chi connectivity index (χ1n) is 18.2. The predicted octanol–water partition coefficient (Wildman–Crippen LogP) is 4.63. The second-order valence-corrected chi connectivity index (χ2v) is 15.2. The zero-order valence-electron chi connectivity index (χ0n) is 31.4. The van der Waals surface area contributed by atoms with Crippen molar-refractivity contribution < 1.29 is 47.2 Å². The number of hydrogen-bond donors (Lipinski definition) is 3. The number of hydrogen-bond acceptors (Lipinski definition) is 14. The molecule has 0 bridgehead atoms. The van der Waals surface area contributed by atoms with Gasteiger partial charge in [-0.05, 0) is 23.1 Å². The van der Waals surface area contributed by atoms with E-state index in [1.54, 1.807) is 83.7 Å². The maximum absolute atomic E-state index is 14.6. The van der Waals surface area contributed by atoms with Crippen LogP contribution in [0.4, 0.5) is 5.95 Å². The van der Waals surface area contributed by atoms with Crippen LogP contribution in [0.2, 0.25) is 0 Å². The molecule has 0 radical (unpaired) electrons. The first-order chi connectivity index (χ1) is 27.6. The fourth-order valence-corrected chi connectivity index (χ4v) is 7.63. The largest absolute Gasteiger partial charge is 0.479 e. The normalized spacial score (nSPS) is 18.0. The van der Waals surface area contributed by atoms with Crippen LogP contribution in [0.25, 0.3) is 11.2 Å². The molecule has 6 rings (SSSR count). The van der Waals surface area contributed by atoms with Gasteiger partial charge in [0.05, 0.1) is 32.6 Å². The fourth-order valence-electron chi connectivity index (χ4n) is 6.05. The molecule has 5 aromatic rings. The molecule has 0 spiro atoms. The van der Waals surface area contributed by atoms with Crippen molar-refractivity contribution in [3.05, 3.63) is 114 Å². The average Bonchev–Trinajstić information content (AvgIpc) is 3.82. The molecule has 17 nitrogen and oxygen atoms in total. The summed E-state index contributed by atoms with van der Waals surface area (Å²) in [6, 6.07) is 25.4. The van der Waals surface area contributed by atoms with Crippen molar-refractivity contribution in [2.24, 2.45) is 5.92 Å². The Kier molecular flexibility index (Phi) is 14.0. The molecular formula is C39H44N7O10P. The molecule has 0 aliphatic carbocycles. The van der Waals surface area contributed by atoms with Crippen LogP contribution in [0, 0.1) is 5.92 Å². The van der Waals surface area contributed by atoms with E-state index in [9.17, 15) is 18.9 Å². The number of nitrogens with one attached hydrogen (secondary N) is 2. The summed E-state index contributed by atoms with van der Waals surface area (Å²) in [7, 11) is -2.93. The number of imidazole rings is 1. The van der Waals surface area contributed by atoms with Crippen molar-refractivity contribution in [3.8, 4) is 5.88 Å². The molecule has 18 heteroatoms. The van der Waals surface area contributed by atoms with Gasteiger partial charge in [-0.2, -0.15) is 9.97 Å². The number of benzene rings is 3. The molecule has 5 atom stereocenters. The first-order valence-corrected chi connectivity index (χ1v) is 19.8. The number of carbonyl (C=O) groups is 3. The Morgan fingerprint density at radius 2 is 1.46 bits per heavy atom. The van der Waals surface area contributed by atoms with Gasteiger partial charge in [0.25, 0.3) is 0 Å². The SMILES string of the molecule is COc1nc(N)nc2c1ncn2C1OC(COP(=O)(NCC(=O)OCc2ccccc2)NC(CC(=O)OCc2ccccc2)C(=O)OCc2ccccc2)CC1C. The Labute approximate surface area is 328 Å². The van der Waals surface area contributed by atoms with Gasteiger partial charge in [0.1, 0.15) is 38.6 Å². The van der Waals surface area contributed by atoms with Gasteiger partial charge in [-0.3, -0.25) is 23.5 Å². The number of carbonyl (C=O) groups excluding carboxylic acids is 3. The molecule has 2 aromatic heterocycles. The zero-order chi connectivity index (χ0) is 40.2. The summed E-state index contributed by atoms with van der Waals surface area (Å²) >= 11 is 0. The highest BCUT2D eigenvalue weighted by Crippen LogP contribution is 2.42. The Morgan fingerprint density at radius 3 is 2.05 bits per heavy atom. The summed E-state index contributed by atoms with van der Waals surface area (Å²) < 4.78 is 50.4. The third-order valence-corrected chi connectivity index (χ3v) is 10.6. The number of ether oxygens (including phenoxy) is 5. The highest BCUT2D eigenvalue weighted by atomic mass is 31.2. The molecule has 1 aliphatic heterocycles. The number of methoxy groups -OCH3 is 1. The Hall–Kier alpha value is -5.71. The number of nitrogens with two attached hydrogens (primary N) is 1. The summed E-state index contributed by atoms with van der Waals surface area (Å²) in [6.07, 6.45) is 0.231. The highest BCUT2D eigenvalue weighted by Gasteiger charge is 2.39. The maximum atomic E-state index is 14.6. The molecule has 4 N–H and O–H groups in total. The van der Waals surface area contributed by atoms with E-state index in [0.717, 1.165) is 11.1 Å². The highest BCUT2D eigenvalue weighted by molar-refractivity contribution is 7.54. The lowest BCUT2D eigenvalue weighted by Gasteiger charge is -2.26. The second kappa shape index (κ2) is 19.4. The Balaban J connectivity index is 1.18. The minimum absolute atomic E-state index is 0.00666. The van der Waals surface area contributed by atoms with Crippen molar-refractivity contribution in [2.45, 2.75) is 58.0 Å². The quantitative estimate of drug-likeness (QED) is 0.0589. The average molecular weight is 802 g/mol. The van der Waals surface area contributed by atoms with Crippen molar-refractivity contribution in [1.82, 2.24) is 29.7 Å². The van der Waals surface area contributed by atoms with Crippen molar-refractivity contribution >= 4 is 42.7 Å². The minimum atomic E-state index is -4.38. The van der Waals surface area contributed by atoms with E-state index in [1.165, 1.54) is 7.11 Å². The van der Waals surface area contributed by atoms with Gasteiger partial charge in [-0.25, -0.2) is 15.2 Å². The van der Waals surface area contributed by atoms with Crippen LogP contribution >= 0.6 is 7.67 Å². The van der Waals surface area contributed by atoms with Crippen LogP contribution in [0.3, 0.4) is 0 Å². The van der Waals surface area contributed by atoms with E-state index >= 15 is 0 Å². The summed E-state index contributed by atoms with van der Waals surface area (Å²) in [5, 5.41) is 5.28. The standard InChI is InChI=1S/C39H44N7O10P/c1-26-18-30(56-37(26)46-25-41-34-35(46)43-39(40)44-36(34)51-2)24-55-57(50,42-20-33(48)53-22-28-14-8-4-9-15-28)45-31(38(49)54-23-29-16-10-5-11-17-29)19-32(47)52-21-27-12-6-3-7-13-27/h3-17,25-26,30-31,37H,18-24H2,1-2H3,(H2,40,43,44)(H2,42,45,50). The molecular weight excluding hydrogens is 757 g/mol. The van der Waals surface area contributed by atoms with Crippen LogP contribution < -0.4 is 20.6 Å². The third-order valence-electron chi connectivity index (χ3n) is 8.89. The summed E-state index contributed by atoms with van der Waals surface area (Å²) in [6.45, 7) is 0.923. The molecule has 1 aliphatic rings. The molecule has 0 amide bonds. The number of fused-ring (bicyclic) bond motifs is 1. The van der Waals surface area contributed by atoms with Crippen LogP contribution in [0.1, 0.15) is 42.7 Å². The maximum Gasteiger partial charge on any atom is 0.342 e. The number of nitrogen functional groups attached to an aromatic ring is 1. The lowest BCUT2D eigenvalue weighted by atomic mass is 10.1. The van der Waals surface area contributed by atoms with E-state index in [4.69, 9.17) is 33.9 Å². The van der Waals surface area contributed by atoms with Gasteiger partial charge in [-0.15, -0.1) is 0 Å². The molecule has 0 saturated carbocycles. The third kappa shape index (κ3) is 11.4. The van der Waals surface area contributed by atoms with Gasteiger partial charge >= 0.3 is 25.6 Å². The van der Waals surface area contributed by atoms with Crippen molar-refractivity contribution in [3.63, 3.8) is 0 Å². The van der Waals surface area contributed by atoms with E-state index in [2.05, 4.69) is 25.1 Å². The number of esters is 3. The van der Waals surface area contributed by atoms with E-state index in [1.807, 2.05) is 25.1 Å². The summed E-state index contributed by atoms with van der Waals surface area (Å²) in [5.41, 5.74) is 8.89. The van der Waals surface area contributed by atoms with Gasteiger partial charge in [-0.1, -0.05) is 97.9 Å². The van der Waals surface area contributed by atoms with Gasteiger partial charge in [0.2, 0.25) is 11.8 Å². The van der Waals surface area contributed by atoms with Crippen molar-refractivity contribution in [2.75, 3.05) is 26.0 Å². The number of anilines is 1. The Morgan fingerprint density at radius 1 is 0.877 bits per heavy atom. The predicted molar refractivity (Wildman–Crippen MR) is 206 cm³/mol. The Bertz CT molecular complexity index is 2160. The van der Waals surface area contributed by atoms with Crippen LogP contribution in [0.5, 0.6) is 5.88 Å². The molecule has 57 heavy (non-hydrogen) atoms. The van der Waals surface area contributed by atoms with E-state index < -0.39 is 56.9 Å². The van der Waals surface area contributed by atoms with Crippen LogP contribution in [-0.4, -0.2) is 69.8 Å². The number of aromatic nitrogens is 4. The van der Waals surface area contributed by atoms with Crippen molar-refractivity contribution in [1.29, 1.82) is 0 Å². The molecule has 300 valence electrons. The van der Waals surface area contributed by atoms with E-state index in [0.29, 0.717) is 23.1 Å². The van der Waals surface area contributed by atoms with Crippen LogP contribution in [0.15, 0.2) is 97.3 Å². The van der Waals surface area contributed by atoms with Gasteiger partial charge in [0, 0.05) is 5.92 Å². The van der Waals surface area contributed by atoms with Gasteiger partial charge in [0.15, 0.2) is 11.2 Å². The van der Waals surface area contributed by atoms with E-state index in [-0.39, 0.29) is 44.2 Å². The zero-order valence-corrected chi connectivity index (χ0v) is 32.3. The lowest BCUT2D eigenvalue weighted by molar-refractivity contribution is -0.153. The lowest BCUT2D eigenvalue weighted by Crippen LogP contribution is -2.42. The number of nitrogens with zero attached hydrogens (tertiary/aromatic N) is 4. The first kappa shape index (κ1) is 40.9. The summed E-state index contributed by atoms with van der Waals surface area (Å²) in [5.74, 6) is -2.32.